The smallest absolute Gasteiger partial charge is 0.406 e. The first-order valence-corrected chi connectivity index (χ1v) is 10.5. The number of hydrogen-bond donors (Lipinski definition) is 0. The summed E-state index contributed by atoms with van der Waals surface area (Å²) < 4.78 is 49.0. The lowest BCUT2D eigenvalue weighted by Gasteiger charge is -2.22. The number of aromatic nitrogens is 2. The number of rotatable bonds is 11. The first-order valence-electron chi connectivity index (χ1n) is 10.5. The zero-order chi connectivity index (χ0) is 23.7. The maximum Gasteiger partial charge on any atom is 0.573 e. The third kappa shape index (κ3) is 8.27. The van der Waals surface area contributed by atoms with E-state index in [1.807, 2.05) is 30.3 Å². The van der Waals surface area contributed by atoms with Crippen LogP contribution in [-0.2, 0) is 24.9 Å². The Labute approximate surface area is 190 Å². The summed E-state index contributed by atoms with van der Waals surface area (Å²) in [4.78, 5) is 18.7. The number of nitrogens with zero attached hydrogens (tertiary/aromatic N) is 3. The van der Waals surface area contributed by atoms with Crippen molar-refractivity contribution in [1.29, 1.82) is 0 Å². The molecule has 9 heteroatoms. The Bertz CT molecular complexity index is 1020. The van der Waals surface area contributed by atoms with E-state index in [1.165, 1.54) is 24.5 Å². The van der Waals surface area contributed by atoms with Gasteiger partial charge in [-0.3, -0.25) is 4.79 Å². The molecule has 0 atom stereocenters. The van der Waals surface area contributed by atoms with Crippen LogP contribution in [0.3, 0.4) is 0 Å². The average molecular weight is 461 g/mol. The summed E-state index contributed by atoms with van der Waals surface area (Å²) in [5.74, 6) is -0.609. The number of halogens is 3. The number of amides is 1. The Morgan fingerprint density at radius 2 is 1.82 bits per heavy atom. The third-order valence-electron chi connectivity index (χ3n) is 4.79. The van der Waals surface area contributed by atoms with Crippen LogP contribution in [-0.4, -0.2) is 39.9 Å². The minimum atomic E-state index is -4.78. The second-order valence-electron chi connectivity index (χ2n) is 7.59. The van der Waals surface area contributed by atoms with E-state index in [2.05, 4.69) is 9.72 Å². The zero-order valence-electron chi connectivity index (χ0n) is 18.3. The maximum atomic E-state index is 13.0. The predicted molar refractivity (Wildman–Crippen MR) is 116 cm³/mol. The molecule has 0 saturated carbocycles. The van der Waals surface area contributed by atoms with Gasteiger partial charge in [-0.1, -0.05) is 42.5 Å². The van der Waals surface area contributed by atoms with Crippen molar-refractivity contribution < 1.29 is 27.4 Å². The van der Waals surface area contributed by atoms with Crippen molar-refractivity contribution in [2.75, 3.05) is 13.2 Å². The molecule has 0 N–H and O–H groups in total. The Morgan fingerprint density at radius 1 is 1.06 bits per heavy atom. The van der Waals surface area contributed by atoms with E-state index in [4.69, 9.17) is 4.74 Å². The molecule has 0 saturated heterocycles. The SMILES string of the molecule is Cn1cnc(C(=O)N(CCCCOCc2ccccc2)Cc2cccc(OC(F)(F)F)c2)c1. The normalized spacial score (nSPS) is 11.4. The summed E-state index contributed by atoms with van der Waals surface area (Å²) >= 11 is 0. The third-order valence-corrected chi connectivity index (χ3v) is 4.79. The van der Waals surface area contributed by atoms with Crippen molar-refractivity contribution in [3.8, 4) is 5.75 Å². The van der Waals surface area contributed by atoms with Gasteiger partial charge in [-0.2, -0.15) is 0 Å². The van der Waals surface area contributed by atoms with Gasteiger partial charge >= 0.3 is 6.36 Å². The van der Waals surface area contributed by atoms with Crippen LogP contribution >= 0.6 is 0 Å². The molecule has 1 amide bonds. The summed E-state index contributed by atoms with van der Waals surface area (Å²) in [6.45, 7) is 1.60. The van der Waals surface area contributed by atoms with Gasteiger partial charge < -0.3 is 18.9 Å². The fraction of sp³-hybridized carbons (Fsp3) is 0.333. The Kier molecular flexibility index (Phi) is 8.48. The molecule has 0 bridgehead atoms. The number of imidazole rings is 1. The van der Waals surface area contributed by atoms with E-state index in [9.17, 15) is 18.0 Å². The summed E-state index contributed by atoms with van der Waals surface area (Å²) in [6.07, 6.45) is -0.230. The molecular weight excluding hydrogens is 435 g/mol. The Balaban J connectivity index is 1.58. The van der Waals surface area contributed by atoms with Gasteiger partial charge in [-0.15, -0.1) is 13.2 Å². The number of ether oxygens (including phenoxy) is 2. The van der Waals surface area contributed by atoms with Gasteiger partial charge in [0.05, 0.1) is 12.9 Å². The molecule has 2 aromatic carbocycles. The molecule has 33 heavy (non-hydrogen) atoms. The quantitative estimate of drug-likeness (QED) is 0.379. The van der Waals surface area contributed by atoms with Crippen molar-refractivity contribution in [1.82, 2.24) is 14.5 Å². The molecule has 3 aromatic rings. The topological polar surface area (TPSA) is 56.6 Å². The zero-order valence-corrected chi connectivity index (χ0v) is 18.3. The molecule has 0 aliphatic heterocycles. The van der Waals surface area contributed by atoms with Crippen molar-refractivity contribution in [2.45, 2.75) is 32.4 Å². The van der Waals surface area contributed by atoms with Gasteiger partial charge in [0.25, 0.3) is 5.91 Å². The van der Waals surface area contributed by atoms with Crippen LogP contribution in [0.1, 0.15) is 34.5 Å². The highest BCUT2D eigenvalue weighted by Gasteiger charge is 2.31. The molecule has 3 rings (SSSR count). The number of benzene rings is 2. The molecule has 6 nitrogen and oxygen atoms in total. The number of hydrogen-bond acceptors (Lipinski definition) is 4. The molecule has 0 radical (unpaired) electrons. The van der Waals surface area contributed by atoms with E-state index in [0.29, 0.717) is 31.7 Å². The molecule has 1 aromatic heterocycles. The first-order chi connectivity index (χ1) is 15.8. The number of alkyl halides is 3. The van der Waals surface area contributed by atoms with Gasteiger partial charge in [-0.05, 0) is 36.1 Å². The van der Waals surface area contributed by atoms with Gasteiger partial charge in [0, 0.05) is 32.9 Å². The monoisotopic (exact) mass is 461 g/mol. The lowest BCUT2D eigenvalue weighted by atomic mass is 10.2. The maximum absolute atomic E-state index is 13.0. The van der Waals surface area contributed by atoms with Crippen LogP contribution in [0, 0.1) is 0 Å². The Morgan fingerprint density at radius 3 is 2.52 bits per heavy atom. The molecule has 0 unspecified atom stereocenters. The van der Waals surface area contributed by atoms with Gasteiger partial charge in [-0.25, -0.2) is 4.98 Å². The van der Waals surface area contributed by atoms with Crippen molar-refractivity contribution in [3.63, 3.8) is 0 Å². The van der Waals surface area contributed by atoms with Gasteiger partial charge in [0.15, 0.2) is 0 Å². The molecule has 0 aliphatic rings. The van der Waals surface area contributed by atoms with E-state index in [-0.39, 0.29) is 23.9 Å². The van der Waals surface area contributed by atoms with Crippen LogP contribution in [0.5, 0.6) is 5.75 Å². The van der Waals surface area contributed by atoms with E-state index < -0.39 is 6.36 Å². The molecule has 1 heterocycles. The van der Waals surface area contributed by atoms with Crippen molar-refractivity contribution >= 4 is 5.91 Å². The largest absolute Gasteiger partial charge is 0.573 e. The summed E-state index contributed by atoms with van der Waals surface area (Å²) in [5.41, 5.74) is 1.90. The number of carbonyl (C=O) groups is 1. The van der Waals surface area contributed by atoms with E-state index >= 15 is 0 Å². The highest BCUT2D eigenvalue weighted by molar-refractivity contribution is 5.92. The standard InChI is InChI=1S/C24H26F3N3O3/c1-29-16-22(28-18-29)23(31)30(12-5-6-13-32-17-19-8-3-2-4-9-19)15-20-10-7-11-21(14-20)33-24(25,26)27/h2-4,7-11,14,16,18H,5-6,12-13,15,17H2,1H3. The highest BCUT2D eigenvalue weighted by atomic mass is 19.4. The molecular formula is C24H26F3N3O3. The summed E-state index contributed by atoms with van der Waals surface area (Å²) in [5, 5.41) is 0. The van der Waals surface area contributed by atoms with Gasteiger partial charge in [0.1, 0.15) is 11.4 Å². The molecule has 0 fully saturated rings. The lowest BCUT2D eigenvalue weighted by Crippen LogP contribution is -2.32. The van der Waals surface area contributed by atoms with Crippen LogP contribution in [0.4, 0.5) is 13.2 Å². The van der Waals surface area contributed by atoms with Gasteiger partial charge in [0.2, 0.25) is 0 Å². The second-order valence-corrected chi connectivity index (χ2v) is 7.59. The minimum absolute atomic E-state index is 0.134. The first kappa shape index (κ1) is 24.3. The number of unbranched alkanes of at least 4 members (excludes halogenated alkanes) is 1. The van der Waals surface area contributed by atoms with Crippen LogP contribution < -0.4 is 4.74 Å². The van der Waals surface area contributed by atoms with Crippen LogP contribution in [0.2, 0.25) is 0 Å². The highest BCUT2D eigenvalue weighted by Crippen LogP contribution is 2.24. The predicted octanol–water partition coefficient (Wildman–Crippen LogP) is 4.96. The van der Waals surface area contributed by atoms with Crippen molar-refractivity contribution in [3.05, 3.63) is 83.9 Å². The minimum Gasteiger partial charge on any atom is -0.406 e. The van der Waals surface area contributed by atoms with Crippen LogP contribution in [0.25, 0.3) is 0 Å². The Hall–Kier alpha value is -3.33. The number of aryl methyl sites for hydroxylation is 1. The average Bonchev–Trinajstić information content (AvgIpc) is 3.21. The van der Waals surface area contributed by atoms with E-state index in [1.54, 1.807) is 28.8 Å². The summed E-state index contributed by atoms with van der Waals surface area (Å²) in [7, 11) is 1.76. The fourth-order valence-electron chi connectivity index (χ4n) is 3.27. The molecule has 0 spiro atoms. The number of carbonyl (C=O) groups excluding carboxylic acids is 1. The second kappa shape index (κ2) is 11.5. The lowest BCUT2D eigenvalue weighted by molar-refractivity contribution is -0.274. The molecule has 176 valence electrons. The van der Waals surface area contributed by atoms with Crippen molar-refractivity contribution in [2.24, 2.45) is 7.05 Å². The van der Waals surface area contributed by atoms with Crippen LogP contribution in [0.15, 0.2) is 67.1 Å². The molecule has 0 aliphatic carbocycles. The van der Waals surface area contributed by atoms with E-state index in [0.717, 1.165) is 12.0 Å². The summed E-state index contributed by atoms with van der Waals surface area (Å²) in [6, 6.07) is 15.5. The fourth-order valence-corrected chi connectivity index (χ4v) is 3.27.